The van der Waals surface area contributed by atoms with E-state index in [0.717, 1.165) is 39.0 Å². The van der Waals surface area contributed by atoms with E-state index in [1.807, 2.05) is 19.1 Å². The van der Waals surface area contributed by atoms with Gasteiger partial charge in [0.25, 0.3) is 0 Å². The molecule has 2 aromatic rings. The first kappa shape index (κ1) is 15.5. The maximum Gasteiger partial charge on any atom is 0.208 e. The number of oxazole rings is 1. The molecule has 20 heavy (non-hydrogen) atoms. The summed E-state index contributed by atoms with van der Waals surface area (Å²) in [5.41, 5.74) is 1.15. The van der Waals surface area contributed by atoms with Gasteiger partial charge in [-0.15, -0.1) is 0 Å². The number of methoxy groups -OCH3 is 1. The van der Waals surface area contributed by atoms with E-state index >= 15 is 0 Å². The number of aryl methyl sites for hydroxylation is 1. The Bertz CT molecular complexity index is 561. The van der Waals surface area contributed by atoms with E-state index in [-0.39, 0.29) is 0 Å². The molecule has 6 heteroatoms. The first-order valence-electron chi connectivity index (χ1n) is 6.30. The summed E-state index contributed by atoms with van der Waals surface area (Å²) in [7, 11) is 1.65. The molecular formula is C14H16Br2N2O2. The lowest BCUT2D eigenvalue weighted by molar-refractivity contribution is 0.409. The van der Waals surface area contributed by atoms with Gasteiger partial charge in [0.15, 0.2) is 0 Å². The summed E-state index contributed by atoms with van der Waals surface area (Å²) in [5, 5.41) is 3.31. The largest absolute Gasteiger partial charge is 0.494 e. The number of halogens is 2. The van der Waals surface area contributed by atoms with Crippen molar-refractivity contribution in [2.24, 2.45) is 0 Å². The van der Waals surface area contributed by atoms with E-state index in [2.05, 4.69) is 42.2 Å². The molecule has 0 atom stereocenters. The topological polar surface area (TPSA) is 47.3 Å². The van der Waals surface area contributed by atoms with E-state index in [4.69, 9.17) is 9.15 Å². The predicted molar refractivity (Wildman–Crippen MR) is 84.8 cm³/mol. The molecule has 0 aliphatic rings. The molecule has 1 aromatic heterocycles. The summed E-state index contributed by atoms with van der Waals surface area (Å²) in [6, 6.07) is 4.06. The Morgan fingerprint density at radius 2 is 1.95 bits per heavy atom. The second kappa shape index (κ2) is 7.24. The molecule has 0 saturated carbocycles. The Hall–Kier alpha value is -0.850. The Morgan fingerprint density at radius 3 is 2.50 bits per heavy atom. The molecule has 0 radical (unpaired) electrons. The Labute approximate surface area is 135 Å². The highest BCUT2D eigenvalue weighted by Crippen LogP contribution is 2.34. The Balaban J connectivity index is 1.94. The first-order valence-corrected chi connectivity index (χ1v) is 7.88. The normalized spacial score (nSPS) is 10.8. The zero-order chi connectivity index (χ0) is 14.5. The maximum atomic E-state index is 5.54. The maximum absolute atomic E-state index is 5.54. The predicted octanol–water partition coefficient (Wildman–Crippen LogP) is 4.06. The van der Waals surface area contributed by atoms with Gasteiger partial charge in [0.05, 0.1) is 28.8 Å². The van der Waals surface area contributed by atoms with Gasteiger partial charge in [-0.2, -0.15) is 0 Å². The molecule has 1 aromatic carbocycles. The molecular weight excluding hydrogens is 388 g/mol. The monoisotopic (exact) mass is 402 g/mol. The minimum atomic E-state index is 0.612. The number of rotatable bonds is 6. The van der Waals surface area contributed by atoms with Crippen molar-refractivity contribution in [2.75, 3.05) is 7.11 Å². The molecule has 0 unspecified atom stereocenters. The highest BCUT2D eigenvalue weighted by atomic mass is 79.9. The van der Waals surface area contributed by atoms with Gasteiger partial charge < -0.3 is 14.5 Å². The molecule has 0 bridgehead atoms. The second-order valence-electron chi connectivity index (χ2n) is 4.27. The lowest BCUT2D eigenvalue weighted by Crippen LogP contribution is -2.13. The van der Waals surface area contributed by atoms with Crippen LogP contribution in [-0.2, 0) is 19.5 Å². The van der Waals surface area contributed by atoms with Crippen LogP contribution in [0.2, 0.25) is 0 Å². The molecule has 2 rings (SSSR count). The summed E-state index contributed by atoms with van der Waals surface area (Å²) in [6.07, 6.45) is 2.64. The van der Waals surface area contributed by atoms with Gasteiger partial charge in [-0.1, -0.05) is 6.92 Å². The van der Waals surface area contributed by atoms with Gasteiger partial charge in [-0.25, -0.2) is 4.98 Å². The summed E-state index contributed by atoms with van der Waals surface area (Å²) in [5.74, 6) is 2.43. The van der Waals surface area contributed by atoms with Crippen LogP contribution >= 0.6 is 31.9 Å². The standard InChI is InChI=1S/C14H16Br2N2O2/c1-3-10-7-18-13(20-10)8-17-6-9-4-11(15)14(19-2)12(16)5-9/h4-5,7,17H,3,6,8H2,1-2H3. The van der Waals surface area contributed by atoms with Crippen molar-refractivity contribution < 1.29 is 9.15 Å². The van der Waals surface area contributed by atoms with Crippen LogP contribution in [0.25, 0.3) is 0 Å². The van der Waals surface area contributed by atoms with E-state index in [9.17, 15) is 0 Å². The van der Waals surface area contributed by atoms with Gasteiger partial charge in [0.2, 0.25) is 5.89 Å². The van der Waals surface area contributed by atoms with Gasteiger partial charge in [-0.05, 0) is 49.6 Å². The van der Waals surface area contributed by atoms with E-state index < -0.39 is 0 Å². The third kappa shape index (κ3) is 3.84. The zero-order valence-electron chi connectivity index (χ0n) is 11.4. The van der Waals surface area contributed by atoms with E-state index in [0.29, 0.717) is 12.4 Å². The average Bonchev–Trinajstić information content (AvgIpc) is 2.86. The third-order valence-corrected chi connectivity index (χ3v) is 4.00. The number of ether oxygens (including phenoxy) is 1. The fourth-order valence-electron chi connectivity index (χ4n) is 1.82. The summed E-state index contributed by atoms with van der Waals surface area (Å²) in [6.45, 7) is 3.39. The smallest absolute Gasteiger partial charge is 0.208 e. The molecule has 0 fully saturated rings. The minimum Gasteiger partial charge on any atom is -0.494 e. The van der Waals surface area contributed by atoms with Crippen molar-refractivity contribution in [2.45, 2.75) is 26.4 Å². The molecule has 0 saturated heterocycles. The van der Waals surface area contributed by atoms with Crippen molar-refractivity contribution in [3.63, 3.8) is 0 Å². The molecule has 108 valence electrons. The summed E-state index contributed by atoms with van der Waals surface area (Å²) in [4.78, 5) is 4.21. The Morgan fingerprint density at radius 1 is 1.25 bits per heavy atom. The highest BCUT2D eigenvalue weighted by Gasteiger charge is 2.08. The van der Waals surface area contributed by atoms with Crippen molar-refractivity contribution in [1.29, 1.82) is 0 Å². The quantitative estimate of drug-likeness (QED) is 0.789. The van der Waals surface area contributed by atoms with Gasteiger partial charge in [0.1, 0.15) is 11.5 Å². The van der Waals surface area contributed by atoms with Crippen LogP contribution in [0.5, 0.6) is 5.75 Å². The van der Waals surface area contributed by atoms with Crippen LogP contribution in [-0.4, -0.2) is 12.1 Å². The van der Waals surface area contributed by atoms with Gasteiger partial charge in [-0.3, -0.25) is 0 Å². The van der Waals surface area contributed by atoms with Crippen molar-refractivity contribution in [3.05, 3.63) is 44.5 Å². The van der Waals surface area contributed by atoms with Crippen LogP contribution in [0.15, 0.2) is 31.7 Å². The summed E-state index contributed by atoms with van der Waals surface area (Å²) >= 11 is 6.99. The van der Waals surface area contributed by atoms with Crippen LogP contribution in [0.1, 0.15) is 24.1 Å². The summed E-state index contributed by atoms with van der Waals surface area (Å²) < 4.78 is 12.7. The molecule has 1 N–H and O–H groups in total. The van der Waals surface area contributed by atoms with Crippen LogP contribution in [0.4, 0.5) is 0 Å². The Kier molecular flexibility index (Phi) is 5.63. The second-order valence-corrected chi connectivity index (χ2v) is 5.98. The van der Waals surface area contributed by atoms with Gasteiger partial charge >= 0.3 is 0 Å². The fraction of sp³-hybridized carbons (Fsp3) is 0.357. The third-order valence-electron chi connectivity index (χ3n) is 2.82. The number of hydrogen-bond donors (Lipinski definition) is 1. The van der Waals surface area contributed by atoms with E-state index in [1.54, 1.807) is 13.3 Å². The first-order chi connectivity index (χ1) is 9.63. The molecule has 4 nitrogen and oxygen atoms in total. The van der Waals surface area contributed by atoms with Crippen LogP contribution < -0.4 is 10.1 Å². The number of benzene rings is 1. The van der Waals surface area contributed by atoms with Crippen LogP contribution in [0, 0.1) is 0 Å². The molecule has 0 spiro atoms. The van der Waals surface area contributed by atoms with Crippen molar-refractivity contribution >= 4 is 31.9 Å². The number of nitrogens with zero attached hydrogens (tertiary/aromatic N) is 1. The molecule has 0 amide bonds. The lowest BCUT2D eigenvalue weighted by Gasteiger charge is -2.09. The van der Waals surface area contributed by atoms with Crippen LogP contribution in [0.3, 0.4) is 0 Å². The number of aromatic nitrogens is 1. The van der Waals surface area contributed by atoms with Gasteiger partial charge in [0, 0.05) is 13.0 Å². The number of nitrogens with one attached hydrogen (secondary N) is 1. The minimum absolute atomic E-state index is 0.612. The van der Waals surface area contributed by atoms with E-state index in [1.165, 1.54) is 0 Å². The fourth-order valence-corrected chi connectivity index (χ4v) is 3.42. The lowest BCUT2D eigenvalue weighted by atomic mass is 10.2. The van der Waals surface area contributed by atoms with Crippen molar-refractivity contribution in [1.82, 2.24) is 10.3 Å². The zero-order valence-corrected chi connectivity index (χ0v) is 14.5. The highest BCUT2D eigenvalue weighted by molar-refractivity contribution is 9.11. The molecule has 0 aliphatic carbocycles. The molecule has 0 aliphatic heterocycles. The molecule has 1 heterocycles. The average molecular weight is 404 g/mol. The number of hydrogen-bond acceptors (Lipinski definition) is 4. The SMILES string of the molecule is CCc1cnc(CNCc2cc(Br)c(OC)c(Br)c2)o1. The van der Waals surface area contributed by atoms with Crippen molar-refractivity contribution in [3.8, 4) is 5.75 Å².